The zero-order valence-corrected chi connectivity index (χ0v) is 14.8. The molecule has 0 saturated heterocycles. The fourth-order valence-electron chi connectivity index (χ4n) is 2.71. The Morgan fingerprint density at radius 3 is 2.54 bits per heavy atom. The lowest BCUT2D eigenvalue weighted by Gasteiger charge is -2.08. The van der Waals surface area contributed by atoms with E-state index >= 15 is 0 Å². The third kappa shape index (κ3) is 4.09. The van der Waals surface area contributed by atoms with E-state index < -0.39 is 11.7 Å². The summed E-state index contributed by atoms with van der Waals surface area (Å²) in [4.78, 5) is 8.74. The molecule has 1 aromatic heterocycles. The predicted octanol–water partition coefficient (Wildman–Crippen LogP) is 5.32. The molecule has 1 fully saturated rings. The fraction of sp³-hybridized carbons (Fsp3) is 0.333. The molecular formula is C18H16ClF3N2O2. The van der Waals surface area contributed by atoms with Crippen molar-refractivity contribution in [3.8, 4) is 11.6 Å². The van der Waals surface area contributed by atoms with Crippen LogP contribution in [0.25, 0.3) is 0 Å². The molecule has 0 spiro atoms. The number of hydrogen-bond acceptors (Lipinski definition) is 4. The van der Waals surface area contributed by atoms with Gasteiger partial charge in [-0.3, -0.25) is 0 Å². The summed E-state index contributed by atoms with van der Waals surface area (Å²) >= 11 is 5.80. The minimum Gasteiger partial charge on any atom is -0.497 e. The number of aromatic nitrogens is 1. The monoisotopic (exact) mass is 384 g/mol. The predicted molar refractivity (Wildman–Crippen MR) is 91.8 cm³/mol. The van der Waals surface area contributed by atoms with Gasteiger partial charge < -0.3 is 9.57 Å². The van der Waals surface area contributed by atoms with E-state index in [0.717, 1.165) is 23.9 Å². The van der Waals surface area contributed by atoms with Gasteiger partial charge in [-0.1, -0.05) is 28.9 Å². The van der Waals surface area contributed by atoms with E-state index in [-0.39, 0.29) is 16.8 Å². The highest BCUT2D eigenvalue weighted by Gasteiger charge is 2.41. The summed E-state index contributed by atoms with van der Waals surface area (Å²) in [7, 11) is 1.61. The second kappa shape index (κ2) is 7.15. The molecule has 2 atom stereocenters. The van der Waals surface area contributed by atoms with Crippen molar-refractivity contribution in [1.82, 2.24) is 4.98 Å². The summed E-state index contributed by atoms with van der Waals surface area (Å²) < 4.78 is 43.0. The second-order valence-electron chi connectivity index (χ2n) is 6.05. The molecule has 26 heavy (non-hydrogen) atoms. The zero-order chi connectivity index (χ0) is 18.9. The van der Waals surface area contributed by atoms with Crippen molar-refractivity contribution < 1.29 is 22.7 Å². The molecule has 0 radical (unpaired) electrons. The second-order valence-corrected chi connectivity index (χ2v) is 6.46. The van der Waals surface area contributed by atoms with Crippen LogP contribution in [0.5, 0.6) is 11.6 Å². The lowest BCUT2D eigenvalue weighted by Crippen LogP contribution is -2.06. The quantitative estimate of drug-likeness (QED) is 0.517. The average Bonchev–Trinajstić information content (AvgIpc) is 3.40. The van der Waals surface area contributed by atoms with Gasteiger partial charge in [0, 0.05) is 12.1 Å². The molecule has 0 aliphatic heterocycles. The molecule has 0 amide bonds. The summed E-state index contributed by atoms with van der Waals surface area (Å²) in [5.41, 5.74) is 0.983. The van der Waals surface area contributed by atoms with Crippen LogP contribution in [-0.4, -0.2) is 17.8 Å². The Labute approximate surface area is 153 Å². The van der Waals surface area contributed by atoms with E-state index in [1.807, 2.05) is 31.2 Å². The van der Waals surface area contributed by atoms with E-state index in [9.17, 15) is 13.2 Å². The van der Waals surface area contributed by atoms with Gasteiger partial charge >= 0.3 is 6.18 Å². The molecule has 1 heterocycles. The number of hydrogen-bond donors (Lipinski definition) is 0. The van der Waals surface area contributed by atoms with Gasteiger partial charge in [-0.05, 0) is 43.0 Å². The van der Waals surface area contributed by atoms with Gasteiger partial charge in [0.1, 0.15) is 10.8 Å². The molecule has 8 heteroatoms. The maximum absolute atomic E-state index is 12.6. The molecule has 1 saturated carbocycles. The van der Waals surface area contributed by atoms with E-state index in [1.54, 1.807) is 7.11 Å². The van der Waals surface area contributed by atoms with Crippen molar-refractivity contribution in [2.45, 2.75) is 25.4 Å². The van der Waals surface area contributed by atoms with Gasteiger partial charge in [-0.2, -0.15) is 13.2 Å². The molecule has 138 valence electrons. The van der Waals surface area contributed by atoms with E-state index in [4.69, 9.17) is 21.2 Å². The number of oxime groups is 1. The molecule has 4 nitrogen and oxygen atoms in total. The van der Waals surface area contributed by atoms with E-state index in [1.165, 1.54) is 5.56 Å². The van der Waals surface area contributed by atoms with Crippen LogP contribution < -0.4 is 9.57 Å². The van der Waals surface area contributed by atoms with Gasteiger partial charge in [-0.15, -0.1) is 0 Å². The third-order valence-corrected chi connectivity index (χ3v) is 4.55. The normalized spacial score (nSPS) is 20.0. The lowest BCUT2D eigenvalue weighted by atomic mass is 10.1. The maximum Gasteiger partial charge on any atom is 0.417 e. The van der Waals surface area contributed by atoms with Crippen LogP contribution in [0, 0.1) is 5.92 Å². The number of alkyl halides is 3. The van der Waals surface area contributed by atoms with Crippen molar-refractivity contribution in [3.05, 3.63) is 52.7 Å². The van der Waals surface area contributed by atoms with Gasteiger partial charge in [-0.25, -0.2) is 4.98 Å². The number of nitrogens with zero attached hydrogens (tertiary/aromatic N) is 2. The summed E-state index contributed by atoms with van der Waals surface area (Å²) in [5.74, 6) is 1.20. The molecule has 1 aliphatic rings. The Morgan fingerprint density at radius 1 is 1.27 bits per heavy atom. The summed E-state index contributed by atoms with van der Waals surface area (Å²) in [5, 5.41) is 3.75. The van der Waals surface area contributed by atoms with Crippen LogP contribution in [0.4, 0.5) is 13.2 Å². The molecule has 0 N–H and O–H groups in total. The Hall–Kier alpha value is -2.28. The molecular weight excluding hydrogens is 369 g/mol. The van der Waals surface area contributed by atoms with Crippen LogP contribution in [0.2, 0.25) is 5.02 Å². The van der Waals surface area contributed by atoms with Crippen LogP contribution in [0.1, 0.15) is 30.4 Å². The largest absolute Gasteiger partial charge is 0.497 e. The number of benzene rings is 1. The number of halogens is 4. The number of rotatable bonds is 5. The van der Waals surface area contributed by atoms with Gasteiger partial charge in [0.2, 0.25) is 0 Å². The van der Waals surface area contributed by atoms with Crippen molar-refractivity contribution >= 4 is 17.3 Å². The van der Waals surface area contributed by atoms with Crippen LogP contribution in [-0.2, 0) is 6.18 Å². The van der Waals surface area contributed by atoms with Crippen LogP contribution >= 0.6 is 11.6 Å². The van der Waals surface area contributed by atoms with Crippen molar-refractivity contribution in [2.75, 3.05) is 7.11 Å². The fourth-order valence-corrected chi connectivity index (χ4v) is 2.91. The first-order valence-electron chi connectivity index (χ1n) is 7.87. The minimum absolute atomic E-state index is 0.152. The first kappa shape index (κ1) is 18.5. The first-order valence-corrected chi connectivity index (χ1v) is 8.25. The molecule has 2 aromatic rings. The lowest BCUT2D eigenvalue weighted by molar-refractivity contribution is -0.137. The maximum atomic E-state index is 12.6. The Bertz CT molecular complexity index is 822. The van der Waals surface area contributed by atoms with E-state index in [0.29, 0.717) is 12.1 Å². The highest BCUT2D eigenvalue weighted by molar-refractivity contribution is 6.31. The highest BCUT2D eigenvalue weighted by Crippen LogP contribution is 2.48. The van der Waals surface area contributed by atoms with Gasteiger partial charge in [0.25, 0.3) is 5.88 Å². The van der Waals surface area contributed by atoms with Crippen molar-refractivity contribution in [1.29, 1.82) is 0 Å². The summed E-state index contributed by atoms with van der Waals surface area (Å²) in [6, 6.07) is 8.59. The molecule has 0 bridgehead atoms. The van der Waals surface area contributed by atoms with Crippen LogP contribution in [0.3, 0.4) is 0 Å². The molecule has 3 rings (SSSR count). The third-order valence-electron chi connectivity index (χ3n) is 4.28. The topological polar surface area (TPSA) is 43.7 Å². The highest BCUT2D eigenvalue weighted by atomic mass is 35.5. The average molecular weight is 385 g/mol. The van der Waals surface area contributed by atoms with Crippen LogP contribution in [0.15, 0.2) is 41.7 Å². The minimum atomic E-state index is -4.51. The molecule has 0 unspecified atom stereocenters. The summed E-state index contributed by atoms with van der Waals surface area (Å²) in [6.45, 7) is 1.81. The Kier molecular flexibility index (Phi) is 5.09. The number of ether oxygens (including phenoxy) is 1. The van der Waals surface area contributed by atoms with Crippen molar-refractivity contribution in [3.63, 3.8) is 0 Å². The Balaban J connectivity index is 1.64. The number of methoxy groups -OCH3 is 1. The van der Waals surface area contributed by atoms with Crippen molar-refractivity contribution in [2.24, 2.45) is 11.1 Å². The first-order chi connectivity index (χ1) is 12.3. The SMILES string of the molecule is COc1ccc([C@H]2C[C@@H]2C(C)=NOc2ncc(C(F)(F)F)cc2Cl)cc1. The standard InChI is InChI=1S/C18H16ClF3N2O2/c1-10(14-8-15(14)11-3-5-13(25-2)6-4-11)24-26-17-16(19)7-12(9-23-17)18(20,21)22/h3-7,9,14-15H,8H2,1-2H3/t14-,15-/m1/s1. The van der Waals surface area contributed by atoms with Gasteiger partial charge in [0.05, 0.1) is 18.4 Å². The Morgan fingerprint density at radius 2 is 1.96 bits per heavy atom. The molecule has 1 aromatic carbocycles. The number of pyridine rings is 1. The molecule has 1 aliphatic carbocycles. The summed E-state index contributed by atoms with van der Waals surface area (Å²) in [6.07, 6.45) is -2.91. The smallest absolute Gasteiger partial charge is 0.417 e. The zero-order valence-electron chi connectivity index (χ0n) is 14.0. The van der Waals surface area contributed by atoms with Gasteiger partial charge in [0.15, 0.2) is 0 Å². The van der Waals surface area contributed by atoms with E-state index in [2.05, 4.69) is 10.1 Å².